The molecular weight excluding hydrogens is 423 g/mol. The van der Waals surface area contributed by atoms with Gasteiger partial charge in [0.1, 0.15) is 23.9 Å². The Balaban J connectivity index is 1.57. The quantitative estimate of drug-likeness (QED) is 0.519. The zero-order valence-corrected chi connectivity index (χ0v) is 18.7. The van der Waals surface area contributed by atoms with Gasteiger partial charge in [0.2, 0.25) is 11.7 Å². The first-order chi connectivity index (χ1) is 15.7. The molecule has 0 radical (unpaired) electrons. The van der Waals surface area contributed by atoms with Gasteiger partial charge in [-0.1, -0.05) is 49.0 Å². The molecule has 1 aliphatic rings. The zero-order chi connectivity index (χ0) is 24.0. The number of rotatable bonds is 6. The number of nitrogens with zero attached hydrogens (tertiary/aromatic N) is 2. The highest BCUT2D eigenvalue weighted by Gasteiger charge is 2.32. The summed E-state index contributed by atoms with van der Waals surface area (Å²) in [6, 6.07) is 16.6. The monoisotopic (exact) mass is 450 g/mol. The van der Waals surface area contributed by atoms with Crippen molar-refractivity contribution in [3.8, 4) is 5.75 Å². The van der Waals surface area contributed by atoms with Crippen molar-refractivity contribution >= 4 is 29.6 Å². The van der Waals surface area contributed by atoms with Crippen LogP contribution in [0.2, 0.25) is 0 Å². The van der Waals surface area contributed by atoms with Crippen LogP contribution in [0.3, 0.4) is 0 Å². The molecule has 2 N–H and O–H groups in total. The van der Waals surface area contributed by atoms with E-state index in [-0.39, 0.29) is 24.6 Å². The average Bonchev–Trinajstić information content (AvgIpc) is 2.93. The van der Waals surface area contributed by atoms with Crippen molar-refractivity contribution in [2.75, 3.05) is 18.6 Å². The lowest BCUT2D eigenvalue weighted by atomic mass is 9.99. The summed E-state index contributed by atoms with van der Waals surface area (Å²) in [5.41, 5.74) is -0.115. The molecule has 8 heteroatoms. The molecule has 33 heavy (non-hydrogen) atoms. The van der Waals surface area contributed by atoms with Gasteiger partial charge in [-0.15, -0.1) is 0 Å². The minimum absolute atomic E-state index is 0.0159. The van der Waals surface area contributed by atoms with Gasteiger partial charge in [-0.2, -0.15) is 0 Å². The first-order valence-electron chi connectivity index (χ1n) is 10.5. The lowest BCUT2D eigenvalue weighted by molar-refractivity contribution is -0.121. The normalized spacial score (nSPS) is 17.5. The third-order valence-corrected chi connectivity index (χ3v) is 5.38. The summed E-state index contributed by atoms with van der Waals surface area (Å²) in [4.78, 5) is 30.4. The van der Waals surface area contributed by atoms with E-state index < -0.39 is 23.3 Å². The van der Waals surface area contributed by atoms with E-state index >= 15 is 0 Å². The number of carbonyl (C=O) groups is 2. The Morgan fingerprint density at radius 2 is 1.97 bits per heavy atom. The molecule has 1 heterocycles. The number of amides is 2. The fourth-order valence-corrected chi connectivity index (χ4v) is 3.35. The molecule has 0 saturated carbocycles. The molecule has 2 aromatic carbocycles. The summed E-state index contributed by atoms with van der Waals surface area (Å²) < 4.78 is 20.5. The molecule has 7 nitrogen and oxygen atoms in total. The van der Waals surface area contributed by atoms with Gasteiger partial charge in [0, 0.05) is 19.0 Å². The van der Waals surface area contributed by atoms with Crippen molar-refractivity contribution in [1.29, 1.82) is 5.41 Å². The van der Waals surface area contributed by atoms with Crippen LogP contribution in [0, 0.1) is 11.3 Å². The van der Waals surface area contributed by atoms with E-state index in [0.717, 1.165) is 11.8 Å². The molecule has 0 spiro atoms. The van der Waals surface area contributed by atoms with Gasteiger partial charge in [-0.05, 0) is 37.5 Å². The molecule has 0 saturated heterocycles. The topological polar surface area (TPSA) is 94.8 Å². The molecular formula is C25H27FN4O3. The summed E-state index contributed by atoms with van der Waals surface area (Å²) in [7, 11) is 1.61. The second-order valence-electron chi connectivity index (χ2n) is 8.08. The Morgan fingerprint density at radius 1 is 1.30 bits per heavy atom. The van der Waals surface area contributed by atoms with Crippen LogP contribution in [0.5, 0.6) is 5.75 Å². The molecule has 2 aromatic rings. The van der Waals surface area contributed by atoms with Gasteiger partial charge in [-0.3, -0.25) is 15.0 Å². The Morgan fingerprint density at radius 3 is 2.70 bits per heavy atom. The minimum Gasteiger partial charge on any atom is -0.490 e. The Hall–Kier alpha value is -3.81. The standard InChI is InChI=1S/C25H27FN4O3/c1-17(19-15-33-21-12-8-7-11-20(21)30(3)24(19)32)29-23(31)22(27)28-16-25(2,26)14-13-18-9-5-4-6-10-18/h4-12,16,19,27H,1,13-15H2,2-3H3,(H,29,31)/b27-22?,28-16+/t19-,25?/m1/s1. The molecule has 1 unspecified atom stereocenters. The van der Waals surface area contributed by atoms with Gasteiger partial charge in [0.05, 0.1) is 5.69 Å². The number of hydrogen-bond donors (Lipinski definition) is 2. The van der Waals surface area contributed by atoms with E-state index in [0.29, 0.717) is 17.9 Å². The maximum atomic E-state index is 14.8. The summed E-state index contributed by atoms with van der Waals surface area (Å²) in [5.74, 6) is -2.17. The summed E-state index contributed by atoms with van der Waals surface area (Å²) in [6.45, 7) is 5.11. The Labute approximate surface area is 192 Å². The van der Waals surface area contributed by atoms with Crippen LogP contribution in [0.1, 0.15) is 18.9 Å². The predicted molar refractivity (Wildman–Crippen MR) is 127 cm³/mol. The van der Waals surface area contributed by atoms with E-state index in [4.69, 9.17) is 10.1 Å². The van der Waals surface area contributed by atoms with E-state index in [2.05, 4.69) is 16.9 Å². The molecule has 2 amide bonds. The highest BCUT2D eigenvalue weighted by atomic mass is 19.1. The number of alkyl halides is 1. The summed E-state index contributed by atoms with van der Waals surface area (Å²) >= 11 is 0. The number of anilines is 1. The number of nitrogens with one attached hydrogen (secondary N) is 2. The fraction of sp³-hybridized carbons (Fsp3) is 0.280. The third kappa shape index (κ3) is 6.12. The van der Waals surface area contributed by atoms with E-state index in [1.807, 2.05) is 30.3 Å². The molecule has 172 valence electrons. The highest BCUT2D eigenvalue weighted by molar-refractivity contribution is 6.38. The van der Waals surface area contributed by atoms with Gasteiger partial charge < -0.3 is 15.0 Å². The van der Waals surface area contributed by atoms with Crippen molar-refractivity contribution in [3.63, 3.8) is 0 Å². The molecule has 0 bridgehead atoms. The SMILES string of the molecule is C=C(NC(=O)C(=N)/N=C/C(C)(F)CCc1ccccc1)[C@H]1COc2ccccc2N(C)C1=O. The number of aliphatic imine (C=N–C) groups is 1. The van der Waals surface area contributed by atoms with Crippen LogP contribution in [0.4, 0.5) is 10.1 Å². The van der Waals surface area contributed by atoms with Crippen LogP contribution >= 0.6 is 0 Å². The molecule has 2 atom stereocenters. The van der Waals surface area contributed by atoms with Gasteiger partial charge in [0.15, 0.2) is 0 Å². The number of fused-ring (bicyclic) bond motifs is 1. The first kappa shape index (κ1) is 23.8. The van der Waals surface area contributed by atoms with Crippen molar-refractivity contribution in [3.05, 3.63) is 72.4 Å². The van der Waals surface area contributed by atoms with E-state index in [1.54, 1.807) is 31.3 Å². The first-order valence-corrected chi connectivity index (χ1v) is 10.5. The van der Waals surface area contributed by atoms with Crippen LogP contribution < -0.4 is 15.0 Å². The number of para-hydroxylation sites is 2. The maximum Gasteiger partial charge on any atom is 0.292 e. The fourth-order valence-electron chi connectivity index (χ4n) is 3.35. The van der Waals surface area contributed by atoms with E-state index in [9.17, 15) is 14.0 Å². The van der Waals surface area contributed by atoms with Gasteiger partial charge in [-0.25, -0.2) is 9.38 Å². The number of ether oxygens (including phenoxy) is 1. The van der Waals surface area contributed by atoms with Gasteiger partial charge >= 0.3 is 0 Å². The molecule has 0 aromatic heterocycles. The smallest absolute Gasteiger partial charge is 0.292 e. The number of halogens is 1. The number of benzene rings is 2. The van der Waals surface area contributed by atoms with Crippen LogP contribution in [0.15, 0.2) is 71.9 Å². The van der Waals surface area contributed by atoms with Crippen molar-refractivity contribution in [1.82, 2.24) is 5.32 Å². The second kappa shape index (κ2) is 10.2. The molecule has 3 rings (SSSR count). The second-order valence-corrected chi connectivity index (χ2v) is 8.08. The summed E-state index contributed by atoms with van der Waals surface area (Å²) in [5, 5.41) is 10.3. The molecule has 0 aliphatic carbocycles. The van der Waals surface area contributed by atoms with Crippen LogP contribution in [-0.2, 0) is 16.0 Å². The minimum atomic E-state index is -1.79. The third-order valence-electron chi connectivity index (χ3n) is 5.38. The molecule has 1 aliphatic heterocycles. The number of amidine groups is 1. The lowest BCUT2D eigenvalue weighted by Crippen LogP contribution is -2.40. The van der Waals surface area contributed by atoms with Gasteiger partial charge in [0.25, 0.3) is 5.91 Å². The maximum absolute atomic E-state index is 14.8. The largest absolute Gasteiger partial charge is 0.490 e. The highest BCUT2D eigenvalue weighted by Crippen LogP contribution is 2.32. The zero-order valence-electron chi connectivity index (χ0n) is 18.7. The van der Waals surface area contributed by atoms with Crippen molar-refractivity contribution < 1.29 is 18.7 Å². The Bertz CT molecular complexity index is 1080. The van der Waals surface area contributed by atoms with E-state index in [1.165, 1.54) is 11.8 Å². The predicted octanol–water partition coefficient (Wildman–Crippen LogP) is 3.70. The summed E-state index contributed by atoms with van der Waals surface area (Å²) in [6.07, 6.45) is 1.61. The van der Waals surface area contributed by atoms with Crippen molar-refractivity contribution in [2.45, 2.75) is 25.4 Å². The van der Waals surface area contributed by atoms with Crippen LogP contribution in [-0.4, -0.2) is 43.2 Å². The number of carbonyl (C=O) groups excluding carboxylic acids is 2. The number of aryl methyl sites for hydroxylation is 1. The Kier molecular flexibility index (Phi) is 7.37. The lowest BCUT2D eigenvalue weighted by Gasteiger charge is -2.21. The van der Waals surface area contributed by atoms with Crippen LogP contribution in [0.25, 0.3) is 0 Å². The van der Waals surface area contributed by atoms with Crippen molar-refractivity contribution in [2.24, 2.45) is 10.9 Å². The number of hydrogen-bond acceptors (Lipinski definition) is 4. The average molecular weight is 451 g/mol. The molecule has 0 fully saturated rings.